The largest absolute Gasteiger partial charge is 0.484 e. The number of hydrogen-bond donors (Lipinski definition) is 1. The molecule has 1 aromatic carbocycles. The molecule has 114 valence electrons. The average Bonchev–Trinajstić information content (AvgIpc) is 2.87. The van der Waals surface area contributed by atoms with Crippen LogP contribution in [0.25, 0.3) is 0 Å². The van der Waals surface area contributed by atoms with Crippen LogP contribution < -0.4 is 10.1 Å². The fourth-order valence-electron chi connectivity index (χ4n) is 1.95. The first-order valence-electron chi connectivity index (χ1n) is 7.22. The van der Waals surface area contributed by atoms with Crippen LogP contribution >= 0.6 is 11.6 Å². The Bertz CT molecular complexity index is 578. The Balaban J connectivity index is 1.86. The fraction of sp³-hybridized carbons (Fsp3) is 0.412. The Labute approximate surface area is 131 Å². The van der Waals surface area contributed by atoms with Gasteiger partial charge in [-0.3, -0.25) is 0 Å². The number of halogens is 1. The standard InChI is InChI=1S/C17H22ClNO2/c1-12(2)9-19-10-14-5-6-15(21-14)11-20-17-8-13(3)4-7-16(17)18/h4-8,12,19H,9-11H2,1-3H3. The van der Waals surface area contributed by atoms with E-state index in [1.807, 2.05) is 37.3 Å². The average molecular weight is 308 g/mol. The molecule has 0 aliphatic carbocycles. The third-order valence-corrected chi connectivity index (χ3v) is 3.34. The first-order chi connectivity index (χ1) is 10.0. The first-order valence-corrected chi connectivity index (χ1v) is 7.59. The molecule has 0 aliphatic rings. The molecule has 4 heteroatoms. The Morgan fingerprint density at radius 3 is 2.71 bits per heavy atom. The highest BCUT2D eigenvalue weighted by molar-refractivity contribution is 6.32. The molecule has 0 unspecified atom stereocenters. The van der Waals surface area contributed by atoms with Crippen molar-refractivity contribution in [2.75, 3.05) is 6.54 Å². The zero-order chi connectivity index (χ0) is 15.2. The quantitative estimate of drug-likeness (QED) is 0.814. The summed E-state index contributed by atoms with van der Waals surface area (Å²) in [5.41, 5.74) is 1.12. The number of ether oxygens (including phenoxy) is 1. The minimum atomic E-state index is 0.382. The van der Waals surface area contributed by atoms with Crippen LogP contribution in [0, 0.1) is 12.8 Å². The van der Waals surface area contributed by atoms with Crippen molar-refractivity contribution >= 4 is 11.6 Å². The van der Waals surface area contributed by atoms with E-state index in [1.54, 1.807) is 0 Å². The number of nitrogens with one attached hydrogen (secondary N) is 1. The molecule has 0 atom stereocenters. The summed E-state index contributed by atoms with van der Waals surface area (Å²) >= 11 is 6.10. The van der Waals surface area contributed by atoms with Crippen molar-refractivity contribution in [3.05, 3.63) is 52.4 Å². The number of furan rings is 1. The van der Waals surface area contributed by atoms with Gasteiger partial charge in [0.15, 0.2) is 0 Å². The molecule has 0 bridgehead atoms. The van der Waals surface area contributed by atoms with Crippen LogP contribution in [0.2, 0.25) is 5.02 Å². The van der Waals surface area contributed by atoms with Gasteiger partial charge in [0.05, 0.1) is 11.6 Å². The molecular formula is C17H22ClNO2. The van der Waals surface area contributed by atoms with Crippen LogP contribution in [0.1, 0.15) is 30.9 Å². The van der Waals surface area contributed by atoms with E-state index >= 15 is 0 Å². The summed E-state index contributed by atoms with van der Waals surface area (Å²) in [7, 11) is 0. The molecule has 0 aliphatic heterocycles. The lowest BCUT2D eigenvalue weighted by atomic mass is 10.2. The molecule has 1 heterocycles. The normalized spacial score (nSPS) is 11.1. The van der Waals surface area contributed by atoms with Crippen LogP contribution in [0.5, 0.6) is 5.75 Å². The van der Waals surface area contributed by atoms with Crippen molar-refractivity contribution in [1.82, 2.24) is 5.32 Å². The van der Waals surface area contributed by atoms with Gasteiger partial charge in [0.2, 0.25) is 0 Å². The molecule has 3 nitrogen and oxygen atoms in total. The third kappa shape index (κ3) is 5.10. The number of aryl methyl sites for hydroxylation is 1. The molecular weight excluding hydrogens is 286 g/mol. The van der Waals surface area contributed by atoms with E-state index in [2.05, 4.69) is 19.2 Å². The maximum Gasteiger partial charge on any atom is 0.146 e. The summed E-state index contributed by atoms with van der Waals surface area (Å²) in [4.78, 5) is 0. The summed E-state index contributed by atoms with van der Waals surface area (Å²) in [5.74, 6) is 3.04. The molecule has 1 N–H and O–H groups in total. The van der Waals surface area contributed by atoms with Gasteiger partial charge < -0.3 is 14.5 Å². The SMILES string of the molecule is Cc1ccc(Cl)c(OCc2ccc(CNCC(C)C)o2)c1. The lowest BCUT2D eigenvalue weighted by Gasteiger charge is -2.07. The predicted molar refractivity (Wildman–Crippen MR) is 85.8 cm³/mol. The monoisotopic (exact) mass is 307 g/mol. The second kappa shape index (κ2) is 7.53. The van der Waals surface area contributed by atoms with Gasteiger partial charge >= 0.3 is 0 Å². The molecule has 2 aromatic rings. The van der Waals surface area contributed by atoms with Crippen LogP contribution in [0.3, 0.4) is 0 Å². The van der Waals surface area contributed by atoms with Gasteiger partial charge in [0, 0.05) is 0 Å². The Hall–Kier alpha value is -1.45. The maximum atomic E-state index is 6.10. The number of rotatable bonds is 7. The zero-order valence-electron chi connectivity index (χ0n) is 12.8. The first kappa shape index (κ1) is 15.9. The summed E-state index contributed by atoms with van der Waals surface area (Å²) in [6, 6.07) is 9.65. The predicted octanol–water partition coefficient (Wildman–Crippen LogP) is 4.57. The Morgan fingerprint density at radius 1 is 1.19 bits per heavy atom. The maximum absolute atomic E-state index is 6.10. The van der Waals surface area contributed by atoms with Crippen molar-refractivity contribution in [1.29, 1.82) is 0 Å². The third-order valence-electron chi connectivity index (χ3n) is 3.03. The molecule has 0 saturated carbocycles. The fourth-order valence-corrected chi connectivity index (χ4v) is 2.12. The van der Waals surface area contributed by atoms with Crippen molar-refractivity contribution in [3.63, 3.8) is 0 Å². The molecule has 2 rings (SSSR count). The second-order valence-corrected chi connectivity index (χ2v) is 6.02. The summed E-state index contributed by atoms with van der Waals surface area (Å²) in [6.45, 7) is 8.47. The second-order valence-electron chi connectivity index (χ2n) is 5.62. The van der Waals surface area contributed by atoms with Gasteiger partial charge in [-0.15, -0.1) is 0 Å². The summed E-state index contributed by atoms with van der Waals surface area (Å²) in [5, 5.41) is 3.97. The van der Waals surface area contributed by atoms with Crippen LogP contribution in [0.15, 0.2) is 34.7 Å². The summed E-state index contributed by atoms with van der Waals surface area (Å²) in [6.07, 6.45) is 0. The van der Waals surface area contributed by atoms with E-state index in [9.17, 15) is 0 Å². The summed E-state index contributed by atoms with van der Waals surface area (Å²) < 4.78 is 11.4. The lowest BCUT2D eigenvalue weighted by Crippen LogP contribution is -2.18. The van der Waals surface area contributed by atoms with Gasteiger partial charge in [-0.2, -0.15) is 0 Å². The van der Waals surface area contributed by atoms with Crippen molar-refractivity contribution in [2.24, 2.45) is 5.92 Å². The van der Waals surface area contributed by atoms with E-state index < -0.39 is 0 Å². The number of benzene rings is 1. The van der Waals surface area contributed by atoms with Gasteiger partial charge in [0.1, 0.15) is 23.9 Å². The lowest BCUT2D eigenvalue weighted by molar-refractivity contribution is 0.265. The van der Waals surface area contributed by atoms with Gasteiger partial charge in [0.25, 0.3) is 0 Å². The van der Waals surface area contributed by atoms with Crippen LogP contribution in [-0.2, 0) is 13.2 Å². The van der Waals surface area contributed by atoms with E-state index in [-0.39, 0.29) is 0 Å². The highest BCUT2D eigenvalue weighted by Crippen LogP contribution is 2.26. The van der Waals surface area contributed by atoms with Gasteiger partial charge in [-0.05, 0) is 49.2 Å². The molecule has 0 fully saturated rings. The van der Waals surface area contributed by atoms with Crippen LogP contribution in [0.4, 0.5) is 0 Å². The topological polar surface area (TPSA) is 34.4 Å². The molecule has 0 spiro atoms. The Kier molecular flexibility index (Phi) is 5.71. The highest BCUT2D eigenvalue weighted by atomic mass is 35.5. The molecule has 1 aromatic heterocycles. The van der Waals surface area contributed by atoms with Gasteiger partial charge in [-0.1, -0.05) is 31.5 Å². The van der Waals surface area contributed by atoms with Crippen molar-refractivity contribution < 1.29 is 9.15 Å². The molecule has 0 radical (unpaired) electrons. The molecule has 0 amide bonds. The van der Waals surface area contributed by atoms with Gasteiger partial charge in [-0.25, -0.2) is 0 Å². The smallest absolute Gasteiger partial charge is 0.146 e. The zero-order valence-corrected chi connectivity index (χ0v) is 13.5. The van der Waals surface area contributed by atoms with E-state index in [0.29, 0.717) is 23.3 Å². The van der Waals surface area contributed by atoms with Crippen molar-refractivity contribution in [2.45, 2.75) is 33.9 Å². The highest BCUT2D eigenvalue weighted by Gasteiger charge is 2.06. The minimum Gasteiger partial charge on any atom is -0.484 e. The van der Waals surface area contributed by atoms with E-state index in [4.69, 9.17) is 20.8 Å². The van der Waals surface area contributed by atoms with Crippen LogP contribution in [-0.4, -0.2) is 6.54 Å². The van der Waals surface area contributed by atoms with E-state index in [0.717, 1.165) is 30.2 Å². The molecule has 0 saturated heterocycles. The molecule has 21 heavy (non-hydrogen) atoms. The van der Waals surface area contributed by atoms with Crippen molar-refractivity contribution in [3.8, 4) is 5.75 Å². The minimum absolute atomic E-state index is 0.382. The Morgan fingerprint density at radius 2 is 1.95 bits per heavy atom. The van der Waals surface area contributed by atoms with E-state index in [1.165, 1.54) is 0 Å². The number of hydrogen-bond acceptors (Lipinski definition) is 3.